The van der Waals surface area contributed by atoms with E-state index in [1.54, 1.807) is 12.4 Å². The van der Waals surface area contributed by atoms with E-state index in [0.717, 1.165) is 33.5 Å². The Morgan fingerprint density at radius 2 is 1.90 bits per heavy atom. The van der Waals surface area contributed by atoms with Gasteiger partial charge in [-0.15, -0.1) is 0 Å². The number of rotatable bonds is 6. The van der Waals surface area contributed by atoms with Gasteiger partial charge in [-0.3, -0.25) is 4.79 Å². The van der Waals surface area contributed by atoms with Crippen molar-refractivity contribution in [3.63, 3.8) is 0 Å². The predicted molar refractivity (Wildman–Crippen MR) is 118 cm³/mol. The first-order chi connectivity index (χ1) is 14.6. The van der Waals surface area contributed by atoms with Crippen molar-refractivity contribution < 1.29 is 9.53 Å². The monoisotopic (exact) mass is 398 g/mol. The second-order valence-electron chi connectivity index (χ2n) is 6.91. The number of ether oxygens (including phenoxy) is 1. The number of hydrogen-bond donors (Lipinski definition) is 1. The Morgan fingerprint density at radius 3 is 2.73 bits per heavy atom. The number of carbonyl (C=O) groups excluding carboxylic acids is 1. The molecule has 0 bridgehead atoms. The van der Waals surface area contributed by atoms with E-state index in [-0.39, 0.29) is 12.5 Å². The summed E-state index contributed by atoms with van der Waals surface area (Å²) in [5.41, 5.74) is 5.47. The Morgan fingerprint density at radius 1 is 1.10 bits per heavy atom. The number of fused-ring (bicyclic) bond motifs is 1. The minimum atomic E-state index is -0.322. The molecule has 0 aliphatic heterocycles. The van der Waals surface area contributed by atoms with Gasteiger partial charge in [-0.25, -0.2) is 10.4 Å². The number of amides is 1. The maximum Gasteiger partial charge on any atom is 0.277 e. The normalized spacial score (nSPS) is 11.1. The topological polar surface area (TPSA) is 68.5 Å². The molecule has 0 fully saturated rings. The summed E-state index contributed by atoms with van der Waals surface area (Å²) in [5.74, 6) is 1.20. The molecule has 0 saturated heterocycles. The van der Waals surface area contributed by atoms with Crippen molar-refractivity contribution in [1.29, 1.82) is 0 Å². The molecule has 0 aliphatic carbocycles. The summed E-state index contributed by atoms with van der Waals surface area (Å²) >= 11 is 0. The van der Waals surface area contributed by atoms with Gasteiger partial charge >= 0.3 is 0 Å². The second kappa shape index (κ2) is 8.61. The summed E-state index contributed by atoms with van der Waals surface area (Å²) in [6.07, 6.45) is 3.40. The molecule has 1 N–H and O–H groups in total. The van der Waals surface area contributed by atoms with Gasteiger partial charge in [0.15, 0.2) is 6.61 Å². The van der Waals surface area contributed by atoms with Crippen LogP contribution in [0, 0.1) is 13.8 Å². The minimum absolute atomic E-state index is 0.113. The molecule has 4 aromatic rings. The van der Waals surface area contributed by atoms with Crippen LogP contribution in [0.15, 0.2) is 78.0 Å². The number of aromatic nitrogens is 2. The highest BCUT2D eigenvalue weighted by Gasteiger charge is 2.10. The molecule has 4 rings (SSSR count). The van der Waals surface area contributed by atoms with E-state index in [9.17, 15) is 4.79 Å². The lowest BCUT2D eigenvalue weighted by Crippen LogP contribution is -2.24. The summed E-state index contributed by atoms with van der Waals surface area (Å²) in [6.45, 7) is 3.89. The van der Waals surface area contributed by atoms with Crippen molar-refractivity contribution >= 4 is 22.9 Å². The van der Waals surface area contributed by atoms with E-state index in [1.807, 2.05) is 85.1 Å². The van der Waals surface area contributed by atoms with Crippen molar-refractivity contribution in [2.75, 3.05) is 6.61 Å². The molecule has 30 heavy (non-hydrogen) atoms. The molecule has 1 amide bonds. The van der Waals surface area contributed by atoms with Crippen molar-refractivity contribution in [3.05, 3.63) is 89.9 Å². The first-order valence-corrected chi connectivity index (χ1v) is 9.66. The molecule has 150 valence electrons. The van der Waals surface area contributed by atoms with E-state index in [0.29, 0.717) is 5.75 Å². The van der Waals surface area contributed by atoms with Gasteiger partial charge in [-0.05, 0) is 43.5 Å². The van der Waals surface area contributed by atoms with E-state index < -0.39 is 0 Å². The van der Waals surface area contributed by atoms with Gasteiger partial charge in [0.05, 0.1) is 6.21 Å². The standard InChI is InChI=1S/C24H22N4O2/c1-17-14-20(18(2)28(17)23-12-5-6-13-25-23)15-26-27-24(29)16-30-22-11-7-9-19-8-3-4-10-21(19)22/h3-15H,16H2,1-2H3,(H,27,29)/b26-15-. The number of aryl methyl sites for hydroxylation is 1. The number of nitrogens with one attached hydrogen (secondary N) is 1. The first kappa shape index (κ1) is 19.4. The highest BCUT2D eigenvalue weighted by Crippen LogP contribution is 2.25. The lowest BCUT2D eigenvalue weighted by molar-refractivity contribution is -0.123. The number of benzene rings is 2. The van der Waals surface area contributed by atoms with Crippen LogP contribution in [0.5, 0.6) is 5.75 Å². The number of hydrazone groups is 1. The molecule has 0 saturated carbocycles. The van der Waals surface area contributed by atoms with Crippen molar-refractivity contribution in [2.24, 2.45) is 5.10 Å². The summed E-state index contributed by atoms with van der Waals surface area (Å²) in [6, 6.07) is 21.5. The zero-order chi connectivity index (χ0) is 20.9. The van der Waals surface area contributed by atoms with Crippen LogP contribution in [0.3, 0.4) is 0 Å². The van der Waals surface area contributed by atoms with E-state index in [4.69, 9.17) is 4.74 Å². The minimum Gasteiger partial charge on any atom is -0.483 e. The van der Waals surface area contributed by atoms with E-state index in [1.165, 1.54) is 0 Å². The van der Waals surface area contributed by atoms with Gasteiger partial charge in [0, 0.05) is 28.5 Å². The average molecular weight is 398 g/mol. The summed E-state index contributed by atoms with van der Waals surface area (Å²) in [7, 11) is 0. The Balaban J connectivity index is 1.40. The molecule has 2 heterocycles. The molecule has 0 spiro atoms. The summed E-state index contributed by atoms with van der Waals surface area (Å²) < 4.78 is 7.74. The van der Waals surface area contributed by atoms with E-state index in [2.05, 4.69) is 15.5 Å². The predicted octanol–water partition coefficient (Wildman–Crippen LogP) is 4.17. The first-order valence-electron chi connectivity index (χ1n) is 9.66. The van der Waals surface area contributed by atoms with E-state index >= 15 is 0 Å². The fraction of sp³-hybridized carbons (Fsp3) is 0.125. The highest BCUT2D eigenvalue weighted by molar-refractivity contribution is 5.89. The van der Waals surface area contributed by atoms with Crippen LogP contribution in [0.1, 0.15) is 17.0 Å². The van der Waals surface area contributed by atoms with Crippen LogP contribution >= 0.6 is 0 Å². The Hall–Kier alpha value is -3.93. The zero-order valence-electron chi connectivity index (χ0n) is 16.9. The SMILES string of the molecule is Cc1cc(/C=N\NC(=O)COc2cccc3ccccc23)c(C)n1-c1ccccn1. The number of hydrogen-bond acceptors (Lipinski definition) is 4. The summed E-state index contributed by atoms with van der Waals surface area (Å²) in [4.78, 5) is 16.6. The third-order valence-corrected chi connectivity index (χ3v) is 4.85. The third-order valence-electron chi connectivity index (χ3n) is 4.85. The van der Waals surface area contributed by atoms with Crippen LogP contribution in [0.25, 0.3) is 16.6 Å². The van der Waals surface area contributed by atoms with Gasteiger partial charge in [0.1, 0.15) is 11.6 Å². The largest absolute Gasteiger partial charge is 0.483 e. The maximum absolute atomic E-state index is 12.2. The van der Waals surface area contributed by atoms with Crippen molar-refractivity contribution in [2.45, 2.75) is 13.8 Å². The highest BCUT2D eigenvalue weighted by atomic mass is 16.5. The molecule has 0 radical (unpaired) electrons. The van der Waals surface area contributed by atoms with Gasteiger partial charge in [-0.2, -0.15) is 5.10 Å². The molecule has 2 aromatic carbocycles. The molecule has 0 aliphatic rings. The van der Waals surface area contributed by atoms with Crippen molar-refractivity contribution in [1.82, 2.24) is 15.0 Å². The lowest BCUT2D eigenvalue weighted by atomic mass is 10.1. The van der Waals surface area contributed by atoms with Crippen LogP contribution in [-0.2, 0) is 4.79 Å². The van der Waals surface area contributed by atoms with Crippen molar-refractivity contribution in [3.8, 4) is 11.6 Å². The zero-order valence-corrected chi connectivity index (χ0v) is 16.9. The maximum atomic E-state index is 12.2. The molecule has 0 atom stereocenters. The number of carbonyl (C=O) groups is 1. The fourth-order valence-corrected chi connectivity index (χ4v) is 3.43. The number of pyridine rings is 1. The Labute approximate surface area is 174 Å². The molecular formula is C24H22N4O2. The smallest absolute Gasteiger partial charge is 0.277 e. The van der Waals surface area contributed by atoms with Gasteiger partial charge < -0.3 is 9.30 Å². The average Bonchev–Trinajstić information content (AvgIpc) is 3.06. The second-order valence-corrected chi connectivity index (χ2v) is 6.91. The van der Waals surface area contributed by atoms with Crippen LogP contribution in [-0.4, -0.2) is 28.3 Å². The van der Waals surface area contributed by atoms with Gasteiger partial charge in [0.2, 0.25) is 0 Å². The Bertz CT molecular complexity index is 1210. The molecule has 0 unspecified atom stereocenters. The van der Waals surface area contributed by atoms with Gasteiger partial charge in [-0.1, -0.05) is 42.5 Å². The lowest BCUT2D eigenvalue weighted by Gasteiger charge is -2.08. The fourth-order valence-electron chi connectivity index (χ4n) is 3.43. The summed E-state index contributed by atoms with van der Waals surface area (Å²) in [5, 5.41) is 6.12. The Kier molecular flexibility index (Phi) is 5.57. The van der Waals surface area contributed by atoms with Crippen LogP contribution in [0.4, 0.5) is 0 Å². The molecule has 6 nitrogen and oxygen atoms in total. The van der Waals surface area contributed by atoms with Gasteiger partial charge in [0.25, 0.3) is 5.91 Å². The molecule has 6 heteroatoms. The van der Waals surface area contributed by atoms with Crippen LogP contribution < -0.4 is 10.2 Å². The third kappa shape index (κ3) is 4.07. The molecule has 2 aromatic heterocycles. The quantitative estimate of drug-likeness (QED) is 0.391. The number of nitrogens with zero attached hydrogens (tertiary/aromatic N) is 3. The molecular weight excluding hydrogens is 376 g/mol. The van der Waals surface area contributed by atoms with Crippen LogP contribution in [0.2, 0.25) is 0 Å².